The van der Waals surface area contributed by atoms with E-state index in [0.29, 0.717) is 17.7 Å². The Morgan fingerprint density at radius 1 is 1.32 bits per heavy atom. The highest BCUT2D eigenvalue weighted by Gasteiger charge is 2.54. The molecule has 3 atom stereocenters. The highest BCUT2D eigenvalue weighted by atomic mass is 16.3. The van der Waals surface area contributed by atoms with Gasteiger partial charge >= 0.3 is 0 Å². The Balaban J connectivity index is 1.82. The van der Waals surface area contributed by atoms with Crippen molar-refractivity contribution in [2.24, 2.45) is 5.92 Å². The van der Waals surface area contributed by atoms with E-state index in [1.54, 1.807) is 0 Å². The Kier molecular flexibility index (Phi) is 3.06. The van der Waals surface area contributed by atoms with E-state index >= 15 is 0 Å². The number of likely N-dealkylation sites (tertiary alicyclic amines) is 2. The second-order valence-electron chi connectivity index (χ2n) is 7.54. The molecule has 0 aromatic heterocycles. The lowest BCUT2D eigenvalue weighted by Gasteiger charge is -2.60. The van der Waals surface area contributed by atoms with E-state index < -0.39 is 0 Å². The molecule has 22 heavy (non-hydrogen) atoms. The van der Waals surface area contributed by atoms with Crippen molar-refractivity contribution in [3.05, 3.63) is 41.6 Å². The molecule has 2 bridgehead atoms. The molecule has 3 aliphatic rings. The SMILES string of the molecule is C=C(C)N1CC[C@]23CCN(C)[C@H](Cc4ccc(O)cc42)[C@@H]3C1. The minimum absolute atomic E-state index is 0.259. The van der Waals surface area contributed by atoms with Crippen molar-refractivity contribution in [1.82, 2.24) is 9.80 Å². The number of allylic oxidation sites excluding steroid dienone is 1. The molecule has 0 amide bonds. The van der Waals surface area contributed by atoms with Crippen LogP contribution in [0.25, 0.3) is 0 Å². The predicted molar refractivity (Wildman–Crippen MR) is 89.0 cm³/mol. The Labute approximate surface area is 133 Å². The number of phenols is 1. The van der Waals surface area contributed by atoms with Gasteiger partial charge < -0.3 is 14.9 Å². The number of rotatable bonds is 1. The first kappa shape index (κ1) is 14.1. The Morgan fingerprint density at radius 2 is 2.09 bits per heavy atom. The maximum absolute atomic E-state index is 10.0. The summed E-state index contributed by atoms with van der Waals surface area (Å²) in [7, 11) is 2.28. The quantitative estimate of drug-likeness (QED) is 0.863. The molecule has 0 radical (unpaired) electrons. The first-order valence-corrected chi connectivity index (χ1v) is 8.44. The van der Waals surface area contributed by atoms with E-state index in [2.05, 4.69) is 42.5 Å². The second-order valence-corrected chi connectivity index (χ2v) is 7.54. The van der Waals surface area contributed by atoms with Gasteiger partial charge in [0.15, 0.2) is 0 Å². The van der Waals surface area contributed by atoms with E-state index in [4.69, 9.17) is 0 Å². The number of benzene rings is 1. The minimum Gasteiger partial charge on any atom is -0.508 e. The summed E-state index contributed by atoms with van der Waals surface area (Å²) in [6.07, 6.45) is 3.51. The van der Waals surface area contributed by atoms with Crippen LogP contribution in [0.1, 0.15) is 30.9 Å². The molecule has 1 aromatic rings. The van der Waals surface area contributed by atoms with Crippen LogP contribution in [0, 0.1) is 5.92 Å². The third-order valence-electron chi connectivity index (χ3n) is 6.49. The molecule has 2 heterocycles. The third kappa shape index (κ3) is 1.84. The largest absolute Gasteiger partial charge is 0.508 e. The fraction of sp³-hybridized carbons (Fsp3) is 0.579. The maximum Gasteiger partial charge on any atom is 0.115 e. The average molecular weight is 298 g/mol. The Bertz CT molecular complexity index is 626. The van der Waals surface area contributed by atoms with Gasteiger partial charge in [0, 0.05) is 36.2 Å². The first-order valence-electron chi connectivity index (χ1n) is 8.44. The van der Waals surface area contributed by atoms with Crippen molar-refractivity contribution in [2.75, 3.05) is 26.7 Å². The van der Waals surface area contributed by atoms with Crippen LogP contribution in [0.2, 0.25) is 0 Å². The minimum atomic E-state index is 0.259. The molecule has 118 valence electrons. The van der Waals surface area contributed by atoms with Crippen LogP contribution in [0.3, 0.4) is 0 Å². The molecule has 2 saturated heterocycles. The lowest BCUT2D eigenvalue weighted by molar-refractivity contribution is -0.0186. The van der Waals surface area contributed by atoms with Gasteiger partial charge in [-0.05, 0) is 63.0 Å². The van der Waals surface area contributed by atoms with Gasteiger partial charge in [-0.25, -0.2) is 0 Å². The highest BCUT2D eigenvalue weighted by Crippen LogP contribution is 2.53. The molecular weight excluding hydrogens is 272 g/mol. The van der Waals surface area contributed by atoms with Gasteiger partial charge in [-0.2, -0.15) is 0 Å². The summed E-state index contributed by atoms with van der Waals surface area (Å²) in [4.78, 5) is 5.02. The lowest BCUT2D eigenvalue weighted by atomic mass is 9.54. The summed E-state index contributed by atoms with van der Waals surface area (Å²) in [5.74, 6) is 1.07. The number of aromatic hydroxyl groups is 1. The van der Waals surface area contributed by atoms with E-state index in [1.807, 2.05) is 6.07 Å². The summed E-state index contributed by atoms with van der Waals surface area (Å²) in [6.45, 7) is 9.66. The number of nitrogens with zero attached hydrogens (tertiary/aromatic N) is 2. The van der Waals surface area contributed by atoms with Crippen LogP contribution in [-0.2, 0) is 11.8 Å². The van der Waals surface area contributed by atoms with Crippen LogP contribution in [0.15, 0.2) is 30.5 Å². The number of piperidine rings is 2. The average Bonchev–Trinajstić information content (AvgIpc) is 2.51. The molecular formula is C19H26N2O. The number of phenolic OH excluding ortho intramolecular Hbond substituents is 1. The topological polar surface area (TPSA) is 26.7 Å². The zero-order valence-electron chi connectivity index (χ0n) is 13.7. The first-order chi connectivity index (χ1) is 10.5. The number of hydrogen-bond donors (Lipinski definition) is 1. The maximum atomic E-state index is 10.0. The predicted octanol–water partition coefficient (Wildman–Crippen LogP) is 2.75. The van der Waals surface area contributed by atoms with Crippen molar-refractivity contribution in [3.63, 3.8) is 0 Å². The van der Waals surface area contributed by atoms with Crippen molar-refractivity contribution in [3.8, 4) is 5.75 Å². The number of fused-ring (bicyclic) bond motifs is 1. The third-order valence-corrected chi connectivity index (χ3v) is 6.49. The summed E-state index contributed by atoms with van der Waals surface area (Å²) in [5.41, 5.74) is 4.34. The van der Waals surface area contributed by atoms with Crippen LogP contribution in [0.4, 0.5) is 0 Å². The molecule has 0 saturated carbocycles. The smallest absolute Gasteiger partial charge is 0.115 e. The summed E-state index contributed by atoms with van der Waals surface area (Å²) >= 11 is 0. The van der Waals surface area contributed by atoms with Gasteiger partial charge in [0.05, 0.1) is 0 Å². The van der Waals surface area contributed by atoms with E-state index in [1.165, 1.54) is 36.2 Å². The van der Waals surface area contributed by atoms with Gasteiger partial charge in [-0.1, -0.05) is 12.6 Å². The highest BCUT2D eigenvalue weighted by molar-refractivity contribution is 5.45. The van der Waals surface area contributed by atoms with E-state index in [0.717, 1.165) is 19.5 Å². The van der Waals surface area contributed by atoms with Crippen molar-refractivity contribution < 1.29 is 5.11 Å². The molecule has 1 aromatic carbocycles. The standard InChI is InChI=1S/C19H26N2O/c1-13(2)21-9-7-19-6-8-20(3)18(17(19)12-21)10-14-4-5-15(22)11-16(14)19/h4-5,11,17-18,22H,1,6-10,12H2,2-3H3/t17-,18+,19+/m0/s1. The zero-order chi connectivity index (χ0) is 15.5. The van der Waals surface area contributed by atoms with Gasteiger partial charge in [0.2, 0.25) is 0 Å². The van der Waals surface area contributed by atoms with E-state index in [9.17, 15) is 5.11 Å². The summed E-state index contributed by atoms with van der Waals surface area (Å²) in [6, 6.07) is 6.68. The van der Waals surface area contributed by atoms with Crippen LogP contribution < -0.4 is 0 Å². The van der Waals surface area contributed by atoms with E-state index in [-0.39, 0.29) is 5.41 Å². The fourth-order valence-electron chi connectivity index (χ4n) is 5.22. The van der Waals surface area contributed by atoms with Crippen molar-refractivity contribution in [1.29, 1.82) is 0 Å². The van der Waals surface area contributed by atoms with Crippen molar-refractivity contribution >= 4 is 0 Å². The van der Waals surface area contributed by atoms with Crippen molar-refractivity contribution in [2.45, 2.75) is 37.6 Å². The van der Waals surface area contributed by atoms with Gasteiger partial charge in [0.1, 0.15) is 5.75 Å². The second kappa shape index (κ2) is 4.76. The van der Waals surface area contributed by atoms with Gasteiger partial charge in [-0.15, -0.1) is 0 Å². The number of hydrogen-bond acceptors (Lipinski definition) is 3. The van der Waals surface area contributed by atoms with Crippen LogP contribution in [-0.4, -0.2) is 47.6 Å². The Hall–Kier alpha value is -1.48. The van der Waals surface area contributed by atoms with Crippen LogP contribution in [0.5, 0.6) is 5.75 Å². The summed E-state index contributed by atoms with van der Waals surface area (Å²) in [5, 5.41) is 10.0. The Morgan fingerprint density at radius 3 is 2.86 bits per heavy atom. The molecule has 2 aliphatic heterocycles. The molecule has 2 fully saturated rings. The monoisotopic (exact) mass is 298 g/mol. The summed E-state index contributed by atoms with van der Waals surface area (Å²) < 4.78 is 0. The normalized spacial score (nSPS) is 34.0. The molecule has 0 spiro atoms. The molecule has 3 nitrogen and oxygen atoms in total. The molecule has 4 rings (SSSR count). The zero-order valence-corrected chi connectivity index (χ0v) is 13.7. The fourth-order valence-corrected chi connectivity index (χ4v) is 5.22. The van der Waals surface area contributed by atoms with Gasteiger partial charge in [0.25, 0.3) is 0 Å². The molecule has 1 aliphatic carbocycles. The van der Waals surface area contributed by atoms with Crippen LogP contribution >= 0.6 is 0 Å². The molecule has 3 heteroatoms. The molecule has 0 unspecified atom stereocenters. The number of likely N-dealkylation sites (N-methyl/N-ethyl adjacent to an activating group) is 1. The van der Waals surface area contributed by atoms with Gasteiger partial charge in [-0.3, -0.25) is 0 Å². The molecule has 1 N–H and O–H groups in total. The lowest BCUT2D eigenvalue weighted by Crippen LogP contribution is -2.64.